The third-order valence-corrected chi connectivity index (χ3v) is 12.1. The van der Waals surface area contributed by atoms with Crippen LogP contribution in [-0.4, -0.2) is 27.3 Å². The second kappa shape index (κ2) is 15.8. The van der Waals surface area contributed by atoms with E-state index in [2.05, 4.69) is 247 Å². The molecule has 0 radical (unpaired) electrons. The van der Waals surface area contributed by atoms with Crippen molar-refractivity contribution in [3.8, 4) is 55.9 Å². The molecular formula is C58H42N4. The highest BCUT2D eigenvalue weighted by Gasteiger charge is 2.29. The minimum absolute atomic E-state index is 0.151. The molecule has 8 aromatic carbocycles. The summed E-state index contributed by atoms with van der Waals surface area (Å²) in [7, 11) is 2.17. The summed E-state index contributed by atoms with van der Waals surface area (Å²) < 4.78 is 2.33. The van der Waals surface area contributed by atoms with Crippen LogP contribution in [0.3, 0.4) is 0 Å². The molecule has 0 amide bonds. The number of benzene rings is 8. The molecule has 1 aliphatic heterocycles. The molecule has 294 valence electrons. The van der Waals surface area contributed by atoms with E-state index in [0.717, 1.165) is 89.7 Å². The molecule has 4 heteroatoms. The number of aromatic nitrogens is 2. The van der Waals surface area contributed by atoms with Crippen LogP contribution in [0.25, 0.3) is 83.5 Å². The lowest BCUT2D eigenvalue weighted by Gasteiger charge is -2.34. The van der Waals surface area contributed by atoms with E-state index >= 15 is 0 Å². The minimum Gasteiger partial charge on any atom is -0.348 e. The number of para-hydroxylation sites is 2. The summed E-state index contributed by atoms with van der Waals surface area (Å²) in [6.07, 6.45) is 2.33. The first-order chi connectivity index (χ1) is 30.7. The Hall–Kier alpha value is -8.08. The first-order valence-electron chi connectivity index (χ1n) is 21.2. The van der Waals surface area contributed by atoms with E-state index in [4.69, 9.17) is 9.98 Å². The smallest absolute Gasteiger partial charge is 0.138 e. The van der Waals surface area contributed by atoms with E-state index < -0.39 is 0 Å². The summed E-state index contributed by atoms with van der Waals surface area (Å²) in [6.45, 7) is 0. The molecular weight excluding hydrogens is 753 g/mol. The summed E-state index contributed by atoms with van der Waals surface area (Å²) in [5.74, 6) is 1.81. The van der Waals surface area contributed by atoms with E-state index in [0.29, 0.717) is 0 Å². The molecule has 1 aliphatic rings. The molecule has 2 aromatic heterocycles. The lowest BCUT2D eigenvalue weighted by atomic mass is 9.82. The van der Waals surface area contributed by atoms with Crippen molar-refractivity contribution in [2.24, 2.45) is 4.99 Å². The van der Waals surface area contributed by atoms with Gasteiger partial charge in [-0.1, -0.05) is 206 Å². The molecule has 0 saturated heterocycles. The minimum atomic E-state index is -0.151. The maximum atomic E-state index is 5.67. The van der Waals surface area contributed by atoms with Gasteiger partial charge < -0.3 is 4.90 Å². The Bertz CT molecular complexity index is 3130. The Kier molecular flexibility index (Phi) is 9.44. The topological polar surface area (TPSA) is 33.4 Å². The Balaban J connectivity index is 1.20. The average molecular weight is 795 g/mol. The number of rotatable bonds is 8. The third-order valence-electron chi connectivity index (χ3n) is 12.1. The second-order valence-electron chi connectivity index (χ2n) is 15.8. The summed E-state index contributed by atoms with van der Waals surface area (Å²) in [5, 5.41) is 2.42. The quantitative estimate of drug-likeness (QED) is 0.153. The zero-order valence-electron chi connectivity index (χ0n) is 34.3. The van der Waals surface area contributed by atoms with Crippen molar-refractivity contribution in [2.75, 3.05) is 7.05 Å². The van der Waals surface area contributed by atoms with E-state index in [1.54, 1.807) is 0 Å². The number of nitrogens with zero attached hydrogens (tertiary/aromatic N) is 4. The molecule has 10 aromatic rings. The zero-order valence-corrected chi connectivity index (χ0v) is 34.3. The highest BCUT2D eigenvalue weighted by atomic mass is 15.3. The van der Waals surface area contributed by atoms with Crippen LogP contribution in [0, 0.1) is 0 Å². The summed E-state index contributed by atoms with van der Waals surface area (Å²) in [6, 6.07) is 79.6. The lowest BCUT2D eigenvalue weighted by Crippen LogP contribution is -2.34. The molecule has 62 heavy (non-hydrogen) atoms. The van der Waals surface area contributed by atoms with E-state index in [-0.39, 0.29) is 6.04 Å². The van der Waals surface area contributed by atoms with Gasteiger partial charge in [0.1, 0.15) is 11.7 Å². The van der Waals surface area contributed by atoms with Crippen molar-refractivity contribution in [3.05, 3.63) is 242 Å². The summed E-state index contributed by atoms with van der Waals surface area (Å²) in [5.41, 5.74) is 15.2. The first kappa shape index (κ1) is 37.0. The van der Waals surface area contributed by atoms with Gasteiger partial charge in [-0.2, -0.15) is 0 Å². The molecule has 1 atom stereocenters. The summed E-state index contributed by atoms with van der Waals surface area (Å²) in [4.78, 5) is 13.5. The fourth-order valence-corrected chi connectivity index (χ4v) is 9.21. The number of hydrogen-bond donors (Lipinski definition) is 0. The molecule has 0 N–H and O–H groups in total. The molecule has 11 rings (SSSR count). The van der Waals surface area contributed by atoms with Crippen LogP contribution in [0.2, 0.25) is 0 Å². The molecule has 4 nitrogen and oxygen atoms in total. The second-order valence-corrected chi connectivity index (χ2v) is 15.8. The average Bonchev–Trinajstić information content (AvgIpc) is 3.69. The fourth-order valence-electron chi connectivity index (χ4n) is 9.21. The molecule has 0 bridgehead atoms. The van der Waals surface area contributed by atoms with Gasteiger partial charge in [-0.05, 0) is 46.5 Å². The number of hydrogen-bond acceptors (Lipinski definition) is 3. The van der Waals surface area contributed by atoms with Gasteiger partial charge in [0.2, 0.25) is 0 Å². The van der Waals surface area contributed by atoms with E-state index in [9.17, 15) is 0 Å². The molecule has 3 heterocycles. The largest absolute Gasteiger partial charge is 0.348 e. The Morgan fingerprint density at radius 1 is 0.387 bits per heavy atom. The van der Waals surface area contributed by atoms with Crippen LogP contribution in [0.4, 0.5) is 0 Å². The number of fused-ring (bicyclic) bond motifs is 3. The highest BCUT2D eigenvalue weighted by molar-refractivity contribution is 6.11. The third kappa shape index (κ3) is 6.50. The molecule has 0 saturated carbocycles. The highest BCUT2D eigenvalue weighted by Crippen LogP contribution is 2.49. The Labute approximate surface area is 362 Å². The van der Waals surface area contributed by atoms with Gasteiger partial charge in [0, 0.05) is 51.2 Å². The number of amidine groups is 1. The van der Waals surface area contributed by atoms with Gasteiger partial charge in [-0.3, -0.25) is 4.57 Å². The molecule has 1 unspecified atom stereocenters. The molecule has 0 aliphatic carbocycles. The predicted molar refractivity (Wildman–Crippen MR) is 259 cm³/mol. The van der Waals surface area contributed by atoms with Gasteiger partial charge in [0.25, 0.3) is 0 Å². The van der Waals surface area contributed by atoms with Gasteiger partial charge in [0.05, 0.1) is 28.5 Å². The van der Waals surface area contributed by atoms with Crippen molar-refractivity contribution in [1.82, 2.24) is 14.5 Å². The zero-order chi connectivity index (χ0) is 41.4. The van der Waals surface area contributed by atoms with Gasteiger partial charge in [-0.25, -0.2) is 9.98 Å². The van der Waals surface area contributed by atoms with Gasteiger partial charge >= 0.3 is 0 Å². The fraction of sp³-hybridized carbons (Fsp3) is 0.0345. The molecule has 0 fully saturated rings. The van der Waals surface area contributed by atoms with Gasteiger partial charge in [-0.15, -0.1) is 0 Å². The monoisotopic (exact) mass is 794 g/mol. The van der Waals surface area contributed by atoms with Crippen molar-refractivity contribution in [2.45, 2.75) is 6.04 Å². The standard InChI is InChI=1S/C58H42N4/c1-61-51(39-52(59-58(61)44-30-15-6-16-31-44)62-49-36-19-17-34-47(49)48-35-18-20-37-50(48)62)45-32-21-33-46(38-45)53-54(40-22-7-2-8-23-40)56(42-26-11-4-12-27-42)60-57(43-28-13-5-14-29-43)55(53)41-24-9-3-10-25-41/h2-39,51H,1H3. The molecule has 0 spiro atoms. The van der Waals surface area contributed by atoms with Crippen molar-refractivity contribution >= 4 is 33.5 Å². The van der Waals surface area contributed by atoms with Crippen LogP contribution in [0.15, 0.2) is 236 Å². The van der Waals surface area contributed by atoms with Crippen LogP contribution >= 0.6 is 0 Å². The maximum Gasteiger partial charge on any atom is 0.138 e. The Morgan fingerprint density at radius 3 is 1.31 bits per heavy atom. The maximum absolute atomic E-state index is 5.67. The number of aliphatic imine (C=N–C) groups is 1. The van der Waals surface area contributed by atoms with Crippen molar-refractivity contribution < 1.29 is 0 Å². The lowest BCUT2D eigenvalue weighted by molar-refractivity contribution is 0.433. The van der Waals surface area contributed by atoms with Crippen LogP contribution in [-0.2, 0) is 0 Å². The van der Waals surface area contributed by atoms with E-state index in [1.165, 1.54) is 10.8 Å². The Morgan fingerprint density at radius 2 is 0.806 bits per heavy atom. The SMILES string of the molecule is CN1C(c2ccccc2)=NC(n2c3ccccc3c3ccccc32)=CC1c1cccc(-c2c(-c3ccccc3)c(-c3ccccc3)nc(-c3ccccc3)c2-c2ccccc2)c1. The van der Waals surface area contributed by atoms with Crippen LogP contribution in [0.5, 0.6) is 0 Å². The first-order valence-corrected chi connectivity index (χ1v) is 21.2. The van der Waals surface area contributed by atoms with Crippen LogP contribution in [0.1, 0.15) is 17.2 Å². The number of likely N-dealkylation sites (N-methyl/N-ethyl adjacent to an activating group) is 1. The number of pyridine rings is 1. The normalized spacial score (nSPS) is 13.9. The van der Waals surface area contributed by atoms with Crippen molar-refractivity contribution in [1.29, 1.82) is 0 Å². The predicted octanol–water partition coefficient (Wildman–Crippen LogP) is 14.5. The van der Waals surface area contributed by atoms with Crippen LogP contribution < -0.4 is 0 Å². The van der Waals surface area contributed by atoms with Crippen molar-refractivity contribution in [3.63, 3.8) is 0 Å². The van der Waals surface area contributed by atoms with E-state index in [1.807, 2.05) is 0 Å². The van der Waals surface area contributed by atoms with Gasteiger partial charge in [0.15, 0.2) is 0 Å². The summed E-state index contributed by atoms with van der Waals surface area (Å²) >= 11 is 0.